The van der Waals surface area contributed by atoms with Gasteiger partial charge in [-0.3, -0.25) is 0 Å². The van der Waals surface area contributed by atoms with Crippen LogP contribution in [0.25, 0.3) is 11.3 Å². The molecule has 1 aliphatic heterocycles. The van der Waals surface area contributed by atoms with Crippen molar-refractivity contribution in [2.24, 2.45) is 0 Å². The average Bonchev–Trinajstić information content (AvgIpc) is 2.98. The zero-order valence-corrected chi connectivity index (χ0v) is 12.2. The van der Waals surface area contributed by atoms with Gasteiger partial charge in [-0.05, 0) is 18.2 Å². The Labute approximate surface area is 131 Å². The summed E-state index contributed by atoms with van der Waals surface area (Å²) in [6, 6.07) is 8.36. The Morgan fingerprint density at radius 1 is 1.22 bits per heavy atom. The Balaban J connectivity index is 1.72. The van der Waals surface area contributed by atoms with Crippen LogP contribution in [0.1, 0.15) is 11.3 Å². The Kier molecular flexibility index (Phi) is 3.18. The minimum Gasteiger partial charge on any atom is -0.368 e. The quantitative estimate of drug-likeness (QED) is 0.783. The van der Waals surface area contributed by atoms with Gasteiger partial charge in [0.1, 0.15) is 23.1 Å². The molecule has 4 rings (SSSR count). The van der Waals surface area contributed by atoms with Gasteiger partial charge in [0.2, 0.25) is 5.95 Å². The number of nitrogens with zero attached hydrogens (tertiary/aromatic N) is 4. The fraction of sp³-hybridized carbons (Fsp3) is 0.188. The molecule has 0 fully saturated rings. The lowest BCUT2D eigenvalue weighted by Gasteiger charge is -2.27. The predicted molar refractivity (Wildman–Crippen MR) is 83.1 cm³/mol. The number of aromatic nitrogens is 3. The number of benzene rings is 1. The van der Waals surface area contributed by atoms with E-state index in [2.05, 4.69) is 20.0 Å². The molecule has 116 valence electrons. The molecule has 6 nitrogen and oxygen atoms in total. The molecule has 23 heavy (non-hydrogen) atoms. The van der Waals surface area contributed by atoms with Crippen molar-refractivity contribution in [1.82, 2.24) is 15.1 Å². The Morgan fingerprint density at radius 3 is 2.91 bits per heavy atom. The van der Waals surface area contributed by atoms with Crippen LogP contribution in [0, 0.1) is 5.82 Å². The van der Waals surface area contributed by atoms with Crippen molar-refractivity contribution in [2.45, 2.75) is 13.0 Å². The molecule has 0 bridgehead atoms. The SMILES string of the molecule is Nc1nccc(N2CCc3onc(-c4ccccc4F)c3C2)n1. The molecule has 2 aromatic heterocycles. The molecule has 0 saturated heterocycles. The molecular weight excluding hydrogens is 297 g/mol. The predicted octanol–water partition coefficient (Wildman–Crippen LogP) is 2.42. The number of nitrogen functional groups attached to an aromatic ring is 1. The van der Waals surface area contributed by atoms with E-state index >= 15 is 0 Å². The molecule has 0 aliphatic carbocycles. The molecule has 7 heteroatoms. The second kappa shape index (κ2) is 5.35. The minimum absolute atomic E-state index is 0.230. The molecular formula is C16H14FN5O. The fourth-order valence-electron chi connectivity index (χ4n) is 2.81. The lowest BCUT2D eigenvalue weighted by Crippen LogP contribution is -2.30. The van der Waals surface area contributed by atoms with Crippen LogP contribution in [0.2, 0.25) is 0 Å². The first kappa shape index (κ1) is 13.7. The van der Waals surface area contributed by atoms with E-state index in [9.17, 15) is 4.39 Å². The average molecular weight is 311 g/mol. The van der Waals surface area contributed by atoms with Crippen LogP contribution in [-0.2, 0) is 13.0 Å². The maximum atomic E-state index is 14.1. The second-order valence-electron chi connectivity index (χ2n) is 5.36. The number of hydrogen-bond donors (Lipinski definition) is 1. The van der Waals surface area contributed by atoms with Gasteiger partial charge in [-0.2, -0.15) is 4.98 Å². The summed E-state index contributed by atoms with van der Waals surface area (Å²) in [6.07, 6.45) is 2.30. The largest absolute Gasteiger partial charge is 0.368 e. The third-order valence-corrected chi connectivity index (χ3v) is 3.94. The summed E-state index contributed by atoms with van der Waals surface area (Å²) < 4.78 is 19.5. The van der Waals surface area contributed by atoms with E-state index in [0.717, 1.165) is 23.7 Å². The zero-order chi connectivity index (χ0) is 15.8. The van der Waals surface area contributed by atoms with Crippen molar-refractivity contribution in [3.8, 4) is 11.3 Å². The highest BCUT2D eigenvalue weighted by molar-refractivity contribution is 5.65. The molecule has 3 heterocycles. The number of hydrogen-bond acceptors (Lipinski definition) is 6. The van der Waals surface area contributed by atoms with E-state index in [-0.39, 0.29) is 11.8 Å². The number of anilines is 2. The van der Waals surface area contributed by atoms with Gasteiger partial charge in [-0.15, -0.1) is 0 Å². The molecule has 0 atom stereocenters. The maximum Gasteiger partial charge on any atom is 0.221 e. The highest BCUT2D eigenvalue weighted by atomic mass is 19.1. The summed E-state index contributed by atoms with van der Waals surface area (Å²) in [5, 5.41) is 4.08. The summed E-state index contributed by atoms with van der Waals surface area (Å²) in [5.41, 5.74) is 7.53. The molecule has 2 N–H and O–H groups in total. The summed E-state index contributed by atoms with van der Waals surface area (Å²) in [4.78, 5) is 10.2. The third-order valence-electron chi connectivity index (χ3n) is 3.94. The van der Waals surface area contributed by atoms with Gasteiger partial charge >= 0.3 is 0 Å². The topological polar surface area (TPSA) is 81.1 Å². The zero-order valence-electron chi connectivity index (χ0n) is 12.2. The van der Waals surface area contributed by atoms with Gasteiger partial charge in [0.05, 0.1) is 6.54 Å². The van der Waals surface area contributed by atoms with E-state index in [0.29, 0.717) is 24.2 Å². The van der Waals surface area contributed by atoms with Crippen molar-refractivity contribution < 1.29 is 8.91 Å². The van der Waals surface area contributed by atoms with Crippen LogP contribution in [0.4, 0.5) is 16.2 Å². The lowest BCUT2D eigenvalue weighted by molar-refractivity contribution is 0.378. The van der Waals surface area contributed by atoms with E-state index in [1.54, 1.807) is 30.5 Å². The molecule has 0 saturated carbocycles. The van der Waals surface area contributed by atoms with Gasteiger partial charge in [-0.1, -0.05) is 17.3 Å². The van der Waals surface area contributed by atoms with E-state index < -0.39 is 0 Å². The number of fused-ring (bicyclic) bond motifs is 1. The summed E-state index contributed by atoms with van der Waals surface area (Å²) >= 11 is 0. The highest BCUT2D eigenvalue weighted by Crippen LogP contribution is 2.32. The molecule has 1 aliphatic rings. The molecule has 0 spiro atoms. The molecule has 0 amide bonds. The van der Waals surface area contributed by atoms with Gasteiger partial charge in [0.15, 0.2) is 0 Å². The molecule has 3 aromatic rings. The summed E-state index contributed by atoms with van der Waals surface area (Å²) in [7, 11) is 0. The molecule has 1 aromatic carbocycles. The minimum atomic E-state index is -0.313. The van der Waals surface area contributed by atoms with Gasteiger partial charge in [-0.25, -0.2) is 9.37 Å². The first-order valence-corrected chi connectivity index (χ1v) is 7.28. The lowest BCUT2D eigenvalue weighted by atomic mass is 10.0. The standard InChI is InChI=1S/C16H14FN5O/c17-12-4-2-1-3-10(12)15-11-9-22(8-6-13(11)23-21-15)14-5-7-19-16(18)20-14/h1-5,7H,6,8-9H2,(H2,18,19,20). The van der Waals surface area contributed by atoms with Crippen molar-refractivity contribution in [3.63, 3.8) is 0 Å². The summed E-state index contributed by atoms with van der Waals surface area (Å²) in [6.45, 7) is 1.27. The third kappa shape index (κ3) is 2.40. The first-order valence-electron chi connectivity index (χ1n) is 7.28. The molecule has 0 unspecified atom stereocenters. The van der Waals surface area contributed by atoms with Gasteiger partial charge in [0.25, 0.3) is 0 Å². The second-order valence-corrected chi connectivity index (χ2v) is 5.36. The number of halogens is 1. The highest BCUT2D eigenvalue weighted by Gasteiger charge is 2.26. The Bertz CT molecular complexity index is 863. The smallest absolute Gasteiger partial charge is 0.221 e. The monoisotopic (exact) mass is 311 g/mol. The first-order chi connectivity index (χ1) is 11.2. The van der Waals surface area contributed by atoms with Crippen LogP contribution >= 0.6 is 0 Å². The van der Waals surface area contributed by atoms with Crippen molar-refractivity contribution >= 4 is 11.8 Å². The maximum absolute atomic E-state index is 14.1. The number of rotatable bonds is 2. The fourth-order valence-corrected chi connectivity index (χ4v) is 2.81. The normalized spacial score (nSPS) is 13.9. The van der Waals surface area contributed by atoms with Crippen LogP contribution in [0.3, 0.4) is 0 Å². The van der Waals surface area contributed by atoms with Crippen molar-refractivity contribution in [2.75, 3.05) is 17.2 Å². The van der Waals surface area contributed by atoms with E-state index in [1.807, 2.05) is 0 Å². The van der Waals surface area contributed by atoms with Crippen LogP contribution < -0.4 is 10.6 Å². The van der Waals surface area contributed by atoms with E-state index in [1.165, 1.54) is 6.07 Å². The van der Waals surface area contributed by atoms with E-state index in [4.69, 9.17) is 10.3 Å². The Hall–Kier alpha value is -2.96. The van der Waals surface area contributed by atoms with Crippen LogP contribution in [0.5, 0.6) is 0 Å². The van der Waals surface area contributed by atoms with Gasteiger partial charge in [0, 0.05) is 30.3 Å². The van der Waals surface area contributed by atoms with Crippen LogP contribution in [-0.4, -0.2) is 21.7 Å². The van der Waals surface area contributed by atoms with Crippen LogP contribution in [0.15, 0.2) is 41.1 Å². The number of nitrogens with two attached hydrogens (primary N) is 1. The van der Waals surface area contributed by atoms with Crippen molar-refractivity contribution in [1.29, 1.82) is 0 Å². The molecule has 0 radical (unpaired) electrons. The Morgan fingerprint density at radius 2 is 2.09 bits per heavy atom. The van der Waals surface area contributed by atoms with Crippen molar-refractivity contribution in [3.05, 3.63) is 53.7 Å². The van der Waals surface area contributed by atoms with Gasteiger partial charge < -0.3 is 15.2 Å². The summed E-state index contributed by atoms with van der Waals surface area (Å²) in [5.74, 6) is 1.45.